The molecule has 9 heavy (non-hydrogen) atoms. The van der Waals surface area contributed by atoms with Gasteiger partial charge < -0.3 is 4.79 Å². The fourth-order valence-electron chi connectivity index (χ4n) is 2.40. The summed E-state index contributed by atoms with van der Waals surface area (Å²) in [6.45, 7) is 0. The lowest BCUT2D eigenvalue weighted by Crippen LogP contribution is -2.14. The number of rotatable bonds is 1. The molecule has 1 heteroatoms. The second-order valence-corrected chi connectivity index (χ2v) is 3.63. The molecule has 2 aliphatic rings. The zero-order valence-electron chi connectivity index (χ0n) is 5.60. The van der Waals surface area contributed by atoms with Gasteiger partial charge in [-0.15, -0.1) is 0 Å². The number of carbonyl (C=O) groups excluding carboxylic acids is 1. The van der Waals surface area contributed by atoms with Crippen molar-refractivity contribution in [3.05, 3.63) is 0 Å². The maximum absolute atomic E-state index is 10.6. The van der Waals surface area contributed by atoms with Crippen molar-refractivity contribution < 1.29 is 4.79 Å². The van der Waals surface area contributed by atoms with E-state index in [9.17, 15) is 4.79 Å². The monoisotopic (exact) mass is 124 g/mol. The lowest BCUT2D eigenvalue weighted by molar-refractivity contribution is -0.115. The topological polar surface area (TPSA) is 17.1 Å². The van der Waals surface area contributed by atoms with Crippen LogP contribution in [0.1, 0.15) is 32.1 Å². The molecular weight excluding hydrogens is 112 g/mol. The van der Waals surface area contributed by atoms with Crippen LogP contribution in [-0.4, -0.2) is 6.29 Å². The van der Waals surface area contributed by atoms with Crippen molar-refractivity contribution in [3.8, 4) is 0 Å². The van der Waals surface area contributed by atoms with Crippen molar-refractivity contribution >= 4 is 6.29 Å². The molecule has 50 valence electrons. The third-order valence-electron chi connectivity index (χ3n) is 3.05. The van der Waals surface area contributed by atoms with Crippen molar-refractivity contribution in [3.63, 3.8) is 0 Å². The maximum atomic E-state index is 10.6. The molecule has 2 bridgehead atoms. The molecule has 2 fully saturated rings. The van der Waals surface area contributed by atoms with Gasteiger partial charge in [-0.25, -0.2) is 0 Å². The van der Waals surface area contributed by atoms with Crippen molar-refractivity contribution in [2.75, 3.05) is 0 Å². The highest BCUT2D eigenvalue weighted by atomic mass is 16.1. The van der Waals surface area contributed by atoms with E-state index in [0.29, 0.717) is 0 Å². The van der Waals surface area contributed by atoms with Crippen LogP contribution >= 0.6 is 0 Å². The van der Waals surface area contributed by atoms with Crippen LogP contribution in [0.3, 0.4) is 0 Å². The Morgan fingerprint density at radius 3 is 2.22 bits per heavy atom. The Labute approximate surface area is 55.4 Å². The number of hydrogen-bond acceptors (Lipinski definition) is 1. The smallest absolute Gasteiger partial charge is 0.126 e. The first kappa shape index (κ1) is 5.45. The molecule has 0 aromatic rings. The zero-order valence-corrected chi connectivity index (χ0v) is 5.60. The molecule has 2 aliphatic carbocycles. The summed E-state index contributed by atoms with van der Waals surface area (Å²) in [7, 11) is 0. The summed E-state index contributed by atoms with van der Waals surface area (Å²) in [5.41, 5.74) is 0.171. The average molecular weight is 124 g/mol. The highest BCUT2D eigenvalue weighted by molar-refractivity contribution is 5.60. The van der Waals surface area contributed by atoms with E-state index in [2.05, 4.69) is 0 Å². The molecule has 0 spiro atoms. The SMILES string of the molecule is O=CC12CCC(CC1)C2. The summed E-state index contributed by atoms with van der Waals surface area (Å²) < 4.78 is 0. The number of aldehydes is 1. The zero-order chi connectivity index (χ0) is 6.32. The van der Waals surface area contributed by atoms with Gasteiger partial charge in [-0.2, -0.15) is 0 Å². The lowest BCUT2D eigenvalue weighted by Gasteiger charge is -2.17. The maximum Gasteiger partial charge on any atom is 0.126 e. The van der Waals surface area contributed by atoms with Gasteiger partial charge in [0, 0.05) is 5.41 Å². The molecule has 0 aromatic heterocycles. The Hall–Kier alpha value is -0.330. The highest BCUT2D eigenvalue weighted by Gasteiger charge is 2.44. The molecule has 0 saturated heterocycles. The van der Waals surface area contributed by atoms with Crippen molar-refractivity contribution in [2.24, 2.45) is 11.3 Å². The van der Waals surface area contributed by atoms with Crippen LogP contribution in [0.2, 0.25) is 0 Å². The van der Waals surface area contributed by atoms with Crippen molar-refractivity contribution in [1.82, 2.24) is 0 Å². The van der Waals surface area contributed by atoms with Gasteiger partial charge in [-0.05, 0) is 38.0 Å². The first-order valence-corrected chi connectivity index (χ1v) is 3.81. The van der Waals surface area contributed by atoms with E-state index in [1.165, 1.54) is 38.4 Å². The standard InChI is InChI=1S/C8H12O/c9-6-8-3-1-7(5-8)2-4-8/h6-7H,1-5H2. The summed E-state index contributed by atoms with van der Waals surface area (Å²) in [4.78, 5) is 10.6. The molecule has 0 N–H and O–H groups in total. The number of carbonyl (C=O) groups is 1. The quantitative estimate of drug-likeness (QED) is 0.487. The van der Waals surface area contributed by atoms with Gasteiger partial charge in [0.05, 0.1) is 0 Å². The second-order valence-electron chi connectivity index (χ2n) is 3.63. The molecule has 0 aromatic carbocycles. The Balaban J connectivity index is 2.21. The first-order valence-electron chi connectivity index (χ1n) is 3.81. The van der Waals surface area contributed by atoms with Crippen LogP contribution in [0.15, 0.2) is 0 Å². The van der Waals surface area contributed by atoms with Crippen molar-refractivity contribution in [2.45, 2.75) is 32.1 Å². The molecule has 0 unspecified atom stereocenters. The molecular formula is C8H12O. The summed E-state index contributed by atoms with van der Waals surface area (Å²) in [5.74, 6) is 0.912. The van der Waals surface area contributed by atoms with E-state index in [1.807, 2.05) is 0 Å². The van der Waals surface area contributed by atoms with Crippen LogP contribution in [0.4, 0.5) is 0 Å². The van der Waals surface area contributed by atoms with E-state index in [4.69, 9.17) is 0 Å². The first-order chi connectivity index (χ1) is 4.35. The van der Waals surface area contributed by atoms with Gasteiger partial charge in [0.1, 0.15) is 6.29 Å². The Morgan fingerprint density at radius 1 is 1.33 bits per heavy atom. The summed E-state index contributed by atoms with van der Waals surface area (Å²) >= 11 is 0. The largest absolute Gasteiger partial charge is 0.303 e. The lowest BCUT2D eigenvalue weighted by atomic mass is 9.86. The fourth-order valence-corrected chi connectivity index (χ4v) is 2.40. The molecule has 0 atom stereocenters. The third kappa shape index (κ3) is 0.637. The van der Waals surface area contributed by atoms with Crippen LogP contribution in [0.5, 0.6) is 0 Å². The Kier molecular flexibility index (Phi) is 0.961. The third-order valence-corrected chi connectivity index (χ3v) is 3.05. The molecule has 2 saturated carbocycles. The van der Waals surface area contributed by atoms with E-state index >= 15 is 0 Å². The number of hydrogen-bond donors (Lipinski definition) is 0. The van der Waals surface area contributed by atoms with Gasteiger partial charge in [0.2, 0.25) is 0 Å². The molecule has 0 aliphatic heterocycles. The van der Waals surface area contributed by atoms with E-state index in [0.717, 1.165) is 5.92 Å². The van der Waals surface area contributed by atoms with Crippen LogP contribution in [0, 0.1) is 11.3 Å². The molecule has 1 nitrogen and oxygen atoms in total. The normalized spacial score (nSPS) is 47.8. The predicted octanol–water partition coefficient (Wildman–Crippen LogP) is 1.77. The molecule has 0 amide bonds. The summed E-state index contributed by atoms with van der Waals surface area (Å²) in [5, 5.41) is 0. The van der Waals surface area contributed by atoms with Crippen LogP contribution < -0.4 is 0 Å². The highest BCUT2D eigenvalue weighted by Crippen LogP contribution is 2.52. The van der Waals surface area contributed by atoms with Crippen LogP contribution in [0.25, 0.3) is 0 Å². The van der Waals surface area contributed by atoms with Gasteiger partial charge >= 0.3 is 0 Å². The molecule has 0 heterocycles. The molecule has 2 rings (SSSR count). The van der Waals surface area contributed by atoms with E-state index in [-0.39, 0.29) is 5.41 Å². The minimum atomic E-state index is 0.171. The van der Waals surface area contributed by atoms with Gasteiger partial charge in [-0.3, -0.25) is 0 Å². The van der Waals surface area contributed by atoms with Crippen LogP contribution in [-0.2, 0) is 4.79 Å². The number of fused-ring (bicyclic) bond motifs is 2. The van der Waals surface area contributed by atoms with Gasteiger partial charge in [0.15, 0.2) is 0 Å². The van der Waals surface area contributed by atoms with E-state index in [1.54, 1.807) is 0 Å². The van der Waals surface area contributed by atoms with E-state index < -0.39 is 0 Å². The summed E-state index contributed by atoms with van der Waals surface area (Å²) in [6.07, 6.45) is 7.41. The fraction of sp³-hybridized carbons (Fsp3) is 0.875. The molecule has 0 radical (unpaired) electrons. The average Bonchev–Trinajstić information content (AvgIpc) is 2.46. The van der Waals surface area contributed by atoms with Gasteiger partial charge in [0.25, 0.3) is 0 Å². The Morgan fingerprint density at radius 2 is 2.00 bits per heavy atom. The minimum Gasteiger partial charge on any atom is -0.303 e. The predicted molar refractivity (Wildman–Crippen MR) is 35.1 cm³/mol. The second kappa shape index (κ2) is 1.59. The van der Waals surface area contributed by atoms with Gasteiger partial charge in [-0.1, -0.05) is 0 Å². The minimum absolute atomic E-state index is 0.171. The Bertz CT molecular complexity index is 132. The summed E-state index contributed by atoms with van der Waals surface area (Å²) in [6, 6.07) is 0. The van der Waals surface area contributed by atoms with Crippen molar-refractivity contribution in [1.29, 1.82) is 0 Å².